The minimum absolute atomic E-state index is 0.127. The summed E-state index contributed by atoms with van der Waals surface area (Å²) in [4.78, 5) is 23.2. The van der Waals surface area contributed by atoms with Crippen LogP contribution in [0.25, 0.3) is 0 Å². The fourth-order valence-corrected chi connectivity index (χ4v) is 2.64. The molecule has 5 nitrogen and oxygen atoms in total. The monoisotopic (exact) mass is 291 g/mol. The number of benzene rings is 1. The number of anilines is 1. The van der Waals surface area contributed by atoms with Gasteiger partial charge in [0, 0.05) is 5.56 Å². The van der Waals surface area contributed by atoms with Crippen molar-refractivity contribution in [1.82, 2.24) is 0 Å². The van der Waals surface area contributed by atoms with Crippen molar-refractivity contribution in [2.45, 2.75) is 13.8 Å². The number of phenols is 1. The number of carbonyl (C=O) groups excluding carboxylic acids is 1. The zero-order valence-corrected chi connectivity index (χ0v) is 11.7. The summed E-state index contributed by atoms with van der Waals surface area (Å²) >= 11 is 1.02. The molecule has 0 fully saturated rings. The van der Waals surface area contributed by atoms with Gasteiger partial charge in [-0.1, -0.05) is 0 Å². The highest BCUT2D eigenvalue weighted by Gasteiger charge is 2.14. The molecular weight excluding hydrogens is 278 g/mol. The number of amides is 1. The molecule has 6 heteroatoms. The highest BCUT2D eigenvalue weighted by molar-refractivity contribution is 7.18. The van der Waals surface area contributed by atoms with Crippen LogP contribution in [0, 0.1) is 13.8 Å². The molecule has 2 aromatic rings. The molecule has 104 valence electrons. The van der Waals surface area contributed by atoms with Gasteiger partial charge in [0.2, 0.25) is 0 Å². The number of phenolic OH excluding ortho intramolecular Hbond substituents is 1. The first kappa shape index (κ1) is 14.1. The fraction of sp³-hybridized carbons (Fsp3) is 0.143. The molecule has 0 aliphatic rings. The second-order valence-corrected chi connectivity index (χ2v) is 5.44. The van der Waals surface area contributed by atoms with Crippen molar-refractivity contribution in [2.75, 3.05) is 5.32 Å². The molecule has 0 aliphatic heterocycles. The molecule has 0 radical (unpaired) electrons. The molecule has 20 heavy (non-hydrogen) atoms. The third-order valence-electron chi connectivity index (χ3n) is 2.81. The van der Waals surface area contributed by atoms with Gasteiger partial charge in [-0.05, 0) is 49.2 Å². The first-order chi connectivity index (χ1) is 9.38. The van der Waals surface area contributed by atoms with Crippen LogP contribution in [0.15, 0.2) is 24.3 Å². The van der Waals surface area contributed by atoms with Crippen molar-refractivity contribution in [2.24, 2.45) is 0 Å². The van der Waals surface area contributed by atoms with Gasteiger partial charge in [0.15, 0.2) is 0 Å². The summed E-state index contributed by atoms with van der Waals surface area (Å²) in [5.74, 6) is -1.22. The summed E-state index contributed by atoms with van der Waals surface area (Å²) < 4.78 is 0. The standard InChI is InChI=1S/C14H13NO4S/c1-7-5-9(3-4-10(7)16)13(17)15-11-6-8(2)12(20-11)14(18)19/h3-6,16H,1-2H3,(H,15,17)(H,18,19). The van der Waals surface area contributed by atoms with Gasteiger partial charge in [-0.25, -0.2) is 4.79 Å². The third kappa shape index (κ3) is 2.80. The highest BCUT2D eigenvalue weighted by Crippen LogP contribution is 2.27. The van der Waals surface area contributed by atoms with Crippen LogP contribution in [0.4, 0.5) is 5.00 Å². The molecule has 1 aromatic carbocycles. The molecule has 3 N–H and O–H groups in total. The number of thiophene rings is 1. The van der Waals surface area contributed by atoms with E-state index in [9.17, 15) is 14.7 Å². The quantitative estimate of drug-likeness (QED) is 0.811. The average molecular weight is 291 g/mol. The predicted molar refractivity (Wildman–Crippen MR) is 76.8 cm³/mol. The third-order valence-corrected chi connectivity index (χ3v) is 3.95. The molecule has 0 unspecified atom stereocenters. The Labute approximate surface area is 119 Å². The van der Waals surface area contributed by atoms with E-state index in [4.69, 9.17) is 5.11 Å². The molecule has 1 amide bonds. The van der Waals surface area contributed by atoms with E-state index in [-0.39, 0.29) is 16.5 Å². The zero-order valence-electron chi connectivity index (χ0n) is 10.9. The Morgan fingerprint density at radius 2 is 1.85 bits per heavy atom. The summed E-state index contributed by atoms with van der Waals surface area (Å²) in [6.45, 7) is 3.38. The van der Waals surface area contributed by atoms with E-state index >= 15 is 0 Å². The number of carboxylic acid groups (broad SMARTS) is 1. The van der Waals surface area contributed by atoms with Crippen LogP contribution in [0.5, 0.6) is 5.75 Å². The van der Waals surface area contributed by atoms with Gasteiger partial charge in [0.1, 0.15) is 10.6 Å². The van der Waals surface area contributed by atoms with Crippen LogP contribution in [-0.2, 0) is 0 Å². The van der Waals surface area contributed by atoms with Crippen molar-refractivity contribution in [3.05, 3.63) is 45.8 Å². The van der Waals surface area contributed by atoms with E-state index in [2.05, 4.69) is 5.32 Å². The van der Waals surface area contributed by atoms with Crippen molar-refractivity contribution < 1.29 is 19.8 Å². The fourth-order valence-electron chi connectivity index (χ4n) is 1.74. The largest absolute Gasteiger partial charge is 0.508 e. The lowest BCUT2D eigenvalue weighted by atomic mass is 10.1. The summed E-state index contributed by atoms with van der Waals surface area (Å²) in [7, 11) is 0. The Morgan fingerprint density at radius 3 is 2.40 bits per heavy atom. The van der Waals surface area contributed by atoms with Gasteiger partial charge in [0.05, 0.1) is 5.00 Å². The molecule has 0 saturated heterocycles. The highest BCUT2D eigenvalue weighted by atomic mass is 32.1. The molecule has 0 saturated carbocycles. The van der Waals surface area contributed by atoms with E-state index in [1.165, 1.54) is 12.1 Å². The summed E-state index contributed by atoms with van der Waals surface area (Å²) in [6.07, 6.45) is 0. The first-order valence-corrected chi connectivity index (χ1v) is 6.65. The topological polar surface area (TPSA) is 86.6 Å². The van der Waals surface area contributed by atoms with Gasteiger partial charge in [-0.2, -0.15) is 0 Å². The number of hydrogen-bond acceptors (Lipinski definition) is 4. The van der Waals surface area contributed by atoms with Crippen LogP contribution >= 0.6 is 11.3 Å². The van der Waals surface area contributed by atoms with Crippen LogP contribution in [0.1, 0.15) is 31.2 Å². The number of carboxylic acids is 1. The number of rotatable bonds is 3. The van der Waals surface area contributed by atoms with Gasteiger partial charge >= 0.3 is 5.97 Å². The number of carbonyl (C=O) groups is 2. The average Bonchev–Trinajstić information content (AvgIpc) is 2.73. The molecule has 2 rings (SSSR count). The molecular formula is C14H13NO4S. The lowest BCUT2D eigenvalue weighted by molar-refractivity contribution is 0.0701. The SMILES string of the molecule is Cc1cc(C(=O)Nc2cc(C)c(C(=O)O)s2)ccc1O. The Hall–Kier alpha value is -2.34. The van der Waals surface area contributed by atoms with Gasteiger partial charge in [-0.3, -0.25) is 4.79 Å². The van der Waals surface area contributed by atoms with Crippen molar-refractivity contribution in [3.63, 3.8) is 0 Å². The van der Waals surface area contributed by atoms with E-state index in [1.807, 2.05) is 0 Å². The molecule has 0 aliphatic carbocycles. The molecule has 1 heterocycles. The maximum atomic E-state index is 12.0. The number of aromatic carboxylic acids is 1. The summed E-state index contributed by atoms with van der Waals surface area (Å²) in [5, 5.41) is 21.5. The number of hydrogen-bond donors (Lipinski definition) is 3. The van der Waals surface area contributed by atoms with Crippen LogP contribution in [-0.4, -0.2) is 22.1 Å². The second-order valence-electron chi connectivity index (χ2n) is 4.38. The van der Waals surface area contributed by atoms with E-state index in [1.54, 1.807) is 26.0 Å². The lowest BCUT2D eigenvalue weighted by Gasteiger charge is -2.04. The molecule has 0 bridgehead atoms. The first-order valence-electron chi connectivity index (χ1n) is 5.83. The number of nitrogens with one attached hydrogen (secondary N) is 1. The summed E-state index contributed by atoms with van der Waals surface area (Å²) in [6, 6.07) is 6.16. The Morgan fingerprint density at radius 1 is 1.15 bits per heavy atom. The Balaban J connectivity index is 2.21. The molecule has 1 aromatic heterocycles. The smallest absolute Gasteiger partial charge is 0.346 e. The van der Waals surface area contributed by atoms with Crippen molar-refractivity contribution in [3.8, 4) is 5.75 Å². The Bertz CT molecular complexity index is 690. The predicted octanol–water partition coefficient (Wildman–Crippen LogP) is 3.02. The van der Waals surface area contributed by atoms with Gasteiger partial charge in [0.25, 0.3) is 5.91 Å². The van der Waals surface area contributed by atoms with Crippen LogP contribution < -0.4 is 5.32 Å². The maximum absolute atomic E-state index is 12.0. The minimum Gasteiger partial charge on any atom is -0.508 e. The van der Waals surface area contributed by atoms with Gasteiger partial charge in [-0.15, -0.1) is 11.3 Å². The summed E-state index contributed by atoms with van der Waals surface area (Å²) in [5.41, 5.74) is 1.62. The Kier molecular flexibility index (Phi) is 3.76. The number of aryl methyl sites for hydroxylation is 2. The molecule has 0 spiro atoms. The van der Waals surface area contributed by atoms with Crippen molar-refractivity contribution >= 4 is 28.2 Å². The van der Waals surface area contributed by atoms with E-state index in [0.29, 0.717) is 21.7 Å². The normalized spacial score (nSPS) is 10.3. The van der Waals surface area contributed by atoms with E-state index in [0.717, 1.165) is 11.3 Å². The van der Waals surface area contributed by atoms with Crippen molar-refractivity contribution in [1.29, 1.82) is 0 Å². The lowest BCUT2D eigenvalue weighted by Crippen LogP contribution is -2.10. The minimum atomic E-state index is -1.01. The second kappa shape index (κ2) is 5.34. The molecule has 0 atom stereocenters. The van der Waals surface area contributed by atoms with Crippen LogP contribution in [0.3, 0.4) is 0 Å². The van der Waals surface area contributed by atoms with Crippen LogP contribution in [0.2, 0.25) is 0 Å². The van der Waals surface area contributed by atoms with E-state index < -0.39 is 5.97 Å². The van der Waals surface area contributed by atoms with Gasteiger partial charge < -0.3 is 15.5 Å². The zero-order chi connectivity index (χ0) is 14.9. The maximum Gasteiger partial charge on any atom is 0.346 e. The number of aromatic hydroxyl groups is 1.